The van der Waals surface area contributed by atoms with Gasteiger partial charge in [0.1, 0.15) is 4.34 Å². The molecule has 1 saturated heterocycles. The molecule has 21 heavy (non-hydrogen) atoms. The molecule has 0 spiro atoms. The van der Waals surface area contributed by atoms with Crippen molar-refractivity contribution < 1.29 is 9.53 Å². The zero-order chi connectivity index (χ0) is 14.7. The molecular formula is C14H20ClN3O2S. The Morgan fingerprint density at radius 1 is 1.29 bits per heavy atom. The van der Waals surface area contributed by atoms with Crippen molar-refractivity contribution in [3.63, 3.8) is 0 Å². The van der Waals surface area contributed by atoms with Crippen LogP contribution in [0.3, 0.4) is 0 Å². The van der Waals surface area contributed by atoms with Gasteiger partial charge in [-0.3, -0.25) is 5.32 Å². The van der Waals surface area contributed by atoms with Gasteiger partial charge in [-0.2, -0.15) is 0 Å². The number of hydrogen-bond acceptors (Lipinski definition) is 4. The van der Waals surface area contributed by atoms with Crippen LogP contribution in [-0.4, -0.2) is 41.2 Å². The first-order valence-electron chi connectivity index (χ1n) is 7.52. The van der Waals surface area contributed by atoms with Crippen LogP contribution >= 0.6 is 22.9 Å². The second kappa shape index (κ2) is 6.94. The number of nitrogens with zero attached hydrogens (tertiary/aromatic N) is 2. The van der Waals surface area contributed by atoms with Crippen molar-refractivity contribution in [3.05, 3.63) is 10.5 Å². The summed E-state index contributed by atoms with van der Waals surface area (Å²) in [6, 6.07) is 0.584. The van der Waals surface area contributed by atoms with Gasteiger partial charge >= 0.3 is 6.03 Å². The Hall–Kier alpha value is -0.850. The highest BCUT2D eigenvalue weighted by molar-refractivity contribution is 7.19. The van der Waals surface area contributed by atoms with E-state index in [-0.39, 0.29) is 12.1 Å². The summed E-state index contributed by atoms with van der Waals surface area (Å²) >= 11 is 7.17. The van der Waals surface area contributed by atoms with Gasteiger partial charge in [0.15, 0.2) is 5.13 Å². The number of hydrogen-bond donors (Lipinski definition) is 1. The zero-order valence-corrected chi connectivity index (χ0v) is 13.5. The average molecular weight is 330 g/mol. The van der Waals surface area contributed by atoms with Crippen LogP contribution in [-0.2, 0) is 4.74 Å². The molecule has 3 rings (SSSR count). The summed E-state index contributed by atoms with van der Waals surface area (Å²) in [6.45, 7) is 1.48. The van der Waals surface area contributed by atoms with Crippen molar-refractivity contribution in [3.8, 4) is 0 Å². The van der Waals surface area contributed by atoms with E-state index in [4.69, 9.17) is 16.3 Å². The summed E-state index contributed by atoms with van der Waals surface area (Å²) in [5.74, 6) is 0. The topological polar surface area (TPSA) is 54.5 Å². The summed E-state index contributed by atoms with van der Waals surface area (Å²) in [6.07, 6.45) is 8.02. The standard InChI is InChI=1S/C14H20ClN3O2S/c15-12-9-16-13(21-12)17-14(19)18(10-3-1-2-4-10)11-5-7-20-8-6-11/h9-11H,1-8H2,(H,16,17,19). The Morgan fingerprint density at radius 3 is 2.57 bits per heavy atom. The zero-order valence-electron chi connectivity index (χ0n) is 11.9. The lowest BCUT2D eigenvalue weighted by molar-refractivity contribution is 0.0366. The van der Waals surface area contributed by atoms with Crippen LogP contribution in [0.1, 0.15) is 38.5 Å². The van der Waals surface area contributed by atoms with E-state index in [1.54, 1.807) is 6.20 Å². The largest absolute Gasteiger partial charge is 0.381 e. The smallest absolute Gasteiger partial charge is 0.324 e. The average Bonchev–Trinajstić information content (AvgIpc) is 3.13. The molecule has 0 atom stereocenters. The third kappa shape index (κ3) is 3.67. The number of rotatable bonds is 3. The van der Waals surface area contributed by atoms with Crippen LogP contribution in [0.15, 0.2) is 6.20 Å². The van der Waals surface area contributed by atoms with Gasteiger partial charge in [-0.15, -0.1) is 0 Å². The molecule has 1 N–H and O–H groups in total. The molecule has 7 heteroatoms. The molecule has 2 heterocycles. The van der Waals surface area contributed by atoms with Crippen LogP contribution < -0.4 is 5.32 Å². The van der Waals surface area contributed by atoms with E-state index < -0.39 is 0 Å². The van der Waals surface area contributed by atoms with Crippen molar-refractivity contribution in [1.82, 2.24) is 9.88 Å². The van der Waals surface area contributed by atoms with Crippen molar-refractivity contribution in [2.75, 3.05) is 18.5 Å². The fourth-order valence-electron chi connectivity index (χ4n) is 3.24. The molecule has 1 aliphatic carbocycles. The first-order chi connectivity index (χ1) is 10.2. The summed E-state index contributed by atoms with van der Waals surface area (Å²) in [5.41, 5.74) is 0. The Kier molecular flexibility index (Phi) is 4.98. The maximum absolute atomic E-state index is 12.7. The maximum Gasteiger partial charge on any atom is 0.324 e. The molecule has 1 aromatic heterocycles. The van der Waals surface area contributed by atoms with Crippen molar-refractivity contribution in [2.45, 2.75) is 50.6 Å². The van der Waals surface area contributed by atoms with Gasteiger partial charge in [-0.25, -0.2) is 9.78 Å². The number of nitrogens with one attached hydrogen (secondary N) is 1. The molecule has 0 aromatic carbocycles. The van der Waals surface area contributed by atoms with Crippen molar-refractivity contribution in [2.24, 2.45) is 0 Å². The van der Waals surface area contributed by atoms with Crippen molar-refractivity contribution in [1.29, 1.82) is 0 Å². The number of ether oxygens (including phenoxy) is 1. The van der Waals surface area contributed by atoms with Gasteiger partial charge in [-0.1, -0.05) is 35.8 Å². The molecule has 5 nitrogen and oxygen atoms in total. The first-order valence-corrected chi connectivity index (χ1v) is 8.72. The molecule has 0 radical (unpaired) electrons. The number of carbonyl (C=O) groups is 1. The Labute approximate surface area is 133 Å². The molecule has 0 unspecified atom stereocenters. The second-order valence-electron chi connectivity index (χ2n) is 5.59. The molecule has 2 aliphatic rings. The fourth-order valence-corrected chi connectivity index (χ4v) is 4.05. The van der Waals surface area contributed by atoms with Gasteiger partial charge in [0.25, 0.3) is 0 Å². The van der Waals surface area contributed by atoms with E-state index in [2.05, 4.69) is 10.3 Å². The van der Waals surface area contributed by atoms with Gasteiger partial charge in [-0.05, 0) is 25.7 Å². The summed E-state index contributed by atoms with van der Waals surface area (Å²) < 4.78 is 6.01. The maximum atomic E-state index is 12.7. The van der Waals surface area contributed by atoms with Gasteiger partial charge in [0.05, 0.1) is 6.20 Å². The highest BCUT2D eigenvalue weighted by Crippen LogP contribution is 2.30. The van der Waals surface area contributed by atoms with E-state index in [0.717, 1.165) is 38.9 Å². The number of amides is 2. The number of urea groups is 1. The molecule has 2 amide bonds. The molecular weight excluding hydrogens is 310 g/mol. The van der Waals surface area contributed by atoms with E-state index >= 15 is 0 Å². The fraction of sp³-hybridized carbons (Fsp3) is 0.714. The summed E-state index contributed by atoms with van der Waals surface area (Å²) in [4.78, 5) is 18.9. The van der Waals surface area contributed by atoms with E-state index in [0.29, 0.717) is 15.5 Å². The summed E-state index contributed by atoms with van der Waals surface area (Å²) in [5, 5.41) is 3.48. The Bertz CT molecular complexity index is 484. The predicted octanol–water partition coefficient (Wildman–Crippen LogP) is 3.75. The van der Waals surface area contributed by atoms with Crippen LogP contribution in [0.5, 0.6) is 0 Å². The van der Waals surface area contributed by atoms with Crippen LogP contribution in [0, 0.1) is 0 Å². The minimum atomic E-state index is -0.0418. The van der Waals surface area contributed by atoms with Gasteiger partial charge in [0.2, 0.25) is 0 Å². The highest BCUT2D eigenvalue weighted by Gasteiger charge is 2.33. The number of aromatic nitrogens is 1. The third-order valence-electron chi connectivity index (χ3n) is 4.23. The van der Waals surface area contributed by atoms with E-state index in [9.17, 15) is 4.79 Å². The monoisotopic (exact) mass is 329 g/mol. The Balaban J connectivity index is 1.71. The van der Waals surface area contributed by atoms with Crippen LogP contribution in [0.25, 0.3) is 0 Å². The predicted molar refractivity (Wildman–Crippen MR) is 84.1 cm³/mol. The quantitative estimate of drug-likeness (QED) is 0.918. The molecule has 1 aliphatic heterocycles. The van der Waals surface area contributed by atoms with Gasteiger partial charge in [0, 0.05) is 25.3 Å². The molecule has 2 fully saturated rings. The van der Waals surface area contributed by atoms with E-state index in [1.165, 1.54) is 24.2 Å². The lowest BCUT2D eigenvalue weighted by Crippen LogP contribution is -2.50. The summed E-state index contributed by atoms with van der Waals surface area (Å²) in [7, 11) is 0. The highest BCUT2D eigenvalue weighted by atomic mass is 35.5. The second-order valence-corrected chi connectivity index (χ2v) is 7.25. The SMILES string of the molecule is O=C(Nc1ncc(Cl)s1)N(C1CCCC1)C1CCOCC1. The molecule has 1 aromatic rings. The number of thiazole rings is 1. The lowest BCUT2D eigenvalue weighted by Gasteiger charge is -2.38. The lowest BCUT2D eigenvalue weighted by atomic mass is 10.0. The number of halogens is 1. The molecule has 0 bridgehead atoms. The minimum Gasteiger partial charge on any atom is -0.381 e. The third-order valence-corrected chi connectivity index (χ3v) is 5.26. The molecule has 1 saturated carbocycles. The Morgan fingerprint density at radius 2 is 1.95 bits per heavy atom. The minimum absolute atomic E-state index is 0.0418. The van der Waals surface area contributed by atoms with Crippen LogP contribution in [0.2, 0.25) is 4.34 Å². The van der Waals surface area contributed by atoms with Crippen LogP contribution in [0.4, 0.5) is 9.93 Å². The van der Waals surface area contributed by atoms with E-state index in [1.807, 2.05) is 4.90 Å². The number of carbonyl (C=O) groups excluding carboxylic acids is 1. The van der Waals surface area contributed by atoms with Gasteiger partial charge < -0.3 is 9.64 Å². The number of anilines is 1. The normalized spacial score (nSPS) is 20.6. The molecule has 116 valence electrons. The first kappa shape index (κ1) is 15.1. The van der Waals surface area contributed by atoms with Crippen molar-refractivity contribution >= 4 is 34.1 Å².